The number of nitriles is 1. The maximum Gasteiger partial charge on any atom is 0.137 e. The van der Waals surface area contributed by atoms with Crippen molar-refractivity contribution in [3.8, 4) is 17.6 Å². The summed E-state index contributed by atoms with van der Waals surface area (Å²) < 4.78 is 11.6. The summed E-state index contributed by atoms with van der Waals surface area (Å²) in [6, 6.07) is 14.2. The maximum atomic E-state index is 9.66. The normalized spacial score (nSPS) is 19.3. The van der Waals surface area contributed by atoms with E-state index in [1.807, 2.05) is 36.4 Å². The summed E-state index contributed by atoms with van der Waals surface area (Å²) >= 11 is 3.48. The van der Waals surface area contributed by atoms with Gasteiger partial charge in [0.05, 0.1) is 26.2 Å². The summed E-state index contributed by atoms with van der Waals surface area (Å²) in [5.74, 6) is 0.602. The molecule has 5 heteroatoms. The Hall–Kier alpha value is -2.32. The summed E-state index contributed by atoms with van der Waals surface area (Å²) in [5, 5.41) is 18.0. The Morgan fingerprint density at radius 1 is 1.17 bits per heavy atom. The molecule has 0 aliphatic heterocycles. The smallest absolute Gasteiger partial charge is 0.137 e. The summed E-state index contributed by atoms with van der Waals surface area (Å²) in [7, 11) is 3.20. The molecule has 0 aromatic heterocycles. The lowest BCUT2D eigenvalue weighted by Crippen LogP contribution is -2.29. The molecule has 122 valence electrons. The number of ether oxygens (including phenoxy) is 2. The van der Waals surface area contributed by atoms with Gasteiger partial charge in [0, 0.05) is 18.1 Å². The van der Waals surface area contributed by atoms with Gasteiger partial charge in [0.25, 0.3) is 0 Å². The van der Waals surface area contributed by atoms with Crippen LogP contribution in [0.3, 0.4) is 0 Å². The monoisotopic (exact) mass is 384 g/mol. The van der Waals surface area contributed by atoms with Gasteiger partial charge in [0.2, 0.25) is 0 Å². The molecule has 0 heterocycles. The molecule has 1 aliphatic carbocycles. The molecule has 1 aliphatic rings. The first-order valence-corrected chi connectivity index (χ1v) is 8.36. The molecule has 1 N–H and O–H groups in total. The number of rotatable bonds is 3. The Labute approximate surface area is 149 Å². The van der Waals surface area contributed by atoms with Crippen molar-refractivity contribution in [3.63, 3.8) is 0 Å². The first-order valence-electron chi connectivity index (χ1n) is 7.56. The van der Waals surface area contributed by atoms with Crippen LogP contribution in [-0.4, -0.2) is 19.9 Å². The fraction of sp³-hybridized carbons (Fsp3) is 0.263. The molecule has 0 radical (unpaired) electrons. The molecular weight excluding hydrogens is 368 g/mol. The number of hydrogen-bond donors (Lipinski definition) is 1. The molecule has 2 unspecified atom stereocenters. The maximum absolute atomic E-state index is 9.66. The minimum Gasteiger partial charge on any atom is -0.495 e. The topological polar surface area (TPSA) is 66.1 Å². The van der Waals surface area contributed by atoms with Crippen molar-refractivity contribution >= 4 is 21.6 Å². The van der Waals surface area contributed by atoms with Crippen molar-refractivity contribution in [3.05, 3.63) is 57.6 Å². The quantitative estimate of drug-likeness (QED) is 0.856. The van der Waals surface area contributed by atoms with Gasteiger partial charge in [-0.3, -0.25) is 0 Å². The molecule has 24 heavy (non-hydrogen) atoms. The van der Waals surface area contributed by atoms with Gasteiger partial charge in [0.15, 0.2) is 0 Å². The van der Waals surface area contributed by atoms with Crippen LogP contribution < -0.4 is 9.47 Å². The van der Waals surface area contributed by atoms with Gasteiger partial charge < -0.3 is 14.9 Å². The molecule has 0 amide bonds. The zero-order valence-electron chi connectivity index (χ0n) is 13.5. The average molecular weight is 385 g/mol. The van der Waals surface area contributed by atoms with Crippen LogP contribution >= 0.6 is 15.9 Å². The van der Waals surface area contributed by atoms with Gasteiger partial charge in [0.1, 0.15) is 16.0 Å². The third-order valence-electron chi connectivity index (χ3n) is 4.45. The summed E-state index contributed by atoms with van der Waals surface area (Å²) in [4.78, 5) is 0. The van der Waals surface area contributed by atoms with E-state index in [2.05, 4.69) is 22.0 Å². The molecule has 0 saturated heterocycles. The Morgan fingerprint density at radius 3 is 2.38 bits per heavy atom. The van der Waals surface area contributed by atoms with Gasteiger partial charge in [-0.15, -0.1) is 0 Å². The van der Waals surface area contributed by atoms with E-state index in [1.54, 1.807) is 14.2 Å². The molecule has 2 aromatic carbocycles. The predicted molar refractivity (Wildman–Crippen MR) is 96.1 cm³/mol. The number of nitrogens with one attached hydrogen (secondary N) is 1. The van der Waals surface area contributed by atoms with Crippen LogP contribution in [0, 0.1) is 22.7 Å². The summed E-state index contributed by atoms with van der Waals surface area (Å²) in [5.41, 5.74) is 3.55. The average Bonchev–Trinajstić information content (AvgIpc) is 2.60. The number of nitrogens with zero attached hydrogens (tertiary/aromatic N) is 1. The highest BCUT2D eigenvalue weighted by Crippen LogP contribution is 2.44. The van der Waals surface area contributed by atoms with Gasteiger partial charge in [-0.1, -0.05) is 24.3 Å². The zero-order valence-corrected chi connectivity index (χ0v) is 15.1. The number of halogens is 1. The first-order chi connectivity index (χ1) is 11.6. The van der Waals surface area contributed by atoms with Gasteiger partial charge in [-0.25, -0.2) is 0 Å². The molecule has 0 fully saturated rings. The fourth-order valence-electron chi connectivity index (χ4n) is 3.29. The van der Waals surface area contributed by atoms with Crippen LogP contribution in [0.1, 0.15) is 22.6 Å². The van der Waals surface area contributed by atoms with Crippen LogP contribution in [0.4, 0.5) is 0 Å². The molecule has 0 saturated carbocycles. The number of methoxy groups -OCH3 is 2. The predicted octanol–water partition coefficient (Wildman–Crippen LogP) is 4.31. The van der Waals surface area contributed by atoms with Crippen molar-refractivity contribution in [1.82, 2.24) is 0 Å². The third-order valence-corrected chi connectivity index (χ3v) is 5.23. The highest BCUT2D eigenvalue weighted by atomic mass is 79.9. The minimum atomic E-state index is -0.490. The lowest BCUT2D eigenvalue weighted by atomic mass is 9.71. The van der Waals surface area contributed by atoms with Crippen molar-refractivity contribution in [2.75, 3.05) is 14.2 Å². The standard InChI is InChI=1S/C19H17BrN2O2/c1-23-16-8-12(9-17(24-2)19(16)20)18-13-6-4-3-5-11(13)7-15(22)14(18)10-21/h3-6,8-9,14,18,22H,7H2,1-2H3. The van der Waals surface area contributed by atoms with E-state index in [9.17, 15) is 5.26 Å². The minimum absolute atomic E-state index is 0.205. The molecule has 4 nitrogen and oxygen atoms in total. The van der Waals surface area contributed by atoms with E-state index in [1.165, 1.54) is 0 Å². The highest BCUT2D eigenvalue weighted by Gasteiger charge is 2.35. The van der Waals surface area contributed by atoms with Crippen LogP contribution in [0.25, 0.3) is 0 Å². The van der Waals surface area contributed by atoms with Crippen molar-refractivity contribution in [2.45, 2.75) is 12.3 Å². The van der Waals surface area contributed by atoms with Crippen molar-refractivity contribution < 1.29 is 9.47 Å². The van der Waals surface area contributed by atoms with Crippen molar-refractivity contribution in [2.24, 2.45) is 5.92 Å². The summed E-state index contributed by atoms with van der Waals surface area (Å²) in [6.07, 6.45) is 0.524. The Bertz CT molecular complexity index is 816. The van der Waals surface area contributed by atoms with E-state index >= 15 is 0 Å². The fourth-order valence-corrected chi connectivity index (χ4v) is 3.84. The number of hydrogen-bond acceptors (Lipinski definition) is 4. The van der Waals surface area contributed by atoms with E-state index in [0.717, 1.165) is 21.2 Å². The molecule has 2 aromatic rings. The van der Waals surface area contributed by atoms with Crippen LogP contribution in [0.5, 0.6) is 11.5 Å². The Kier molecular flexibility index (Phi) is 4.59. The second-order valence-corrected chi connectivity index (χ2v) is 6.52. The molecular formula is C19H17BrN2O2. The number of benzene rings is 2. The molecule has 0 bridgehead atoms. The van der Waals surface area contributed by atoms with E-state index < -0.39 is 5.92 Å². The first kappa shape index (κ1) is 16.5. The summed E-state index contributed by atoms with van der Waals surface area (Å²) in [6.45, 7) is 0. The number of fused-ring (bicyclic) bond motifs is 1. The molecule has 3 rings (SSSR count). The molecule has 0 spiro atoms. The Morgan fingerprint density at radius 2 is 1.79 bits per heavy atom. The van der Waals surface area contributed by atoms with Gasteiger partial charge in [-0.2, -0.15) is 5.26 Å². The largest absolute Gasteiger partial charge is 0.495 e. The second-order valence-electron chi connectivity index (χ2n) is 5.72. The lowest BCUT2D eigenvalue weighted by Gasteiger charge is -2.31. The molecule has 2 atom stereocenters. The zero-order chi connectivity index (χ0) is 17.3. The lowest BCUT2D eigenvalue weighted by molar-refractivity contribution is 0.388. The second kappa shape index (κ2) is 6.66. The highest BCUT2D eigenvalue weighted by molar-refractivity contribution is 9.10. The van der Waals surface area contributed by atoms with E-state index in [4.69, 9.17) is 14.9 Å². The van der Waals surface area contributed by atoms with E-state index in [-0.39, 0.29) is 5.92 Å². The Balaban J connectivity index is 2.23. The van der Waals surface area contributed by atoms with Crippen LogP contribution in [0.15, 0.2) is 40.9 Å². The SMILES string of the molecule is COc1cc(C2c3ccccc3CC(=N)C2C#N)cc(OC)c1Br. The third kappa shape index (κ3) is 2.67. The van der Waals surface area contributed by atoms with Crippen LogP contribution in [-0.2, 0) is 6.42 Å². The van der Waals surface area contributed by atoms with E-state index in [0.29, 0.717) is 23.6 Å². The van der Waals surface area contributed by atoms with Crippen LogP contribution in [0.2, 0.25) is 0 Å². The van der Waals surface area contributed by atoms with Crippen molar-refractivity contribution in [1.29, 1.82) is 10.7 Å². The van der Waals surface area contributed by atoms with Gasteiger partial charge >= 0.3 is 0 Å². The van der Waals surface area contributed by atoms with Gasteiger partial charge in [-0.05, 0) is 44.8 Å².